The van der Waals surface area contributed by atoms with Crippen LogP contribution in [0.1, 0.15) is 26.3 Å². The molecule has 0 atom stereocenters. The Kier molecular flexibility index (Phi) is 4.88. The number of hydrogen-bond donors (Lipinski definition) is 2. The standard InChI is InChI=1S/C17H19IN2O/c1-17(2,3)12-8-4-6-10-14(12)19-16(21)20-15-11-7-5-9-13(15)18/h4-11H,1-3H3,(H2,19,20,21). The van der Waals surface area contributed by atoms with Crippen molar-refractivity contribution in [1.29, 1.82) is 0 Å². The van der Waals surface area contributed by atoms with Crippen molar-refractivity contribution in [2.75, 3.05) is 10.6 Å². The number of rotatable bonds is 2. The summed E-state index contributed by atoms with van der Waals surface area (Å²) >= 11 is 2.20. The summed E-state index contributed by atoms with van der Waals surface area (Å²) in [6.07, 6.45) is 0. The highest BCUT2D eigenvalue weighted by Gasteiger charge is 2.18. The molecule has 0 bridgehead atoms. The van der Waals surface area contributed by atoms with Gasteiger partial charge in [0, 0.05) is 9.26 Å². The highest BCUT2D eigenvalue weighted by atomic mass is 127. The Labute approximate surface area is 139 Å². The Bertz CT molecular complexity index is 647. The van der Waals surface area contributed by atoms with Gasteiger partial charge in [0.05, 0.1) is 5.69 Å². The van der Waals surface area contributed by atoms with Crippen molar-refractivity contribution in [1.82, 2.24) is 0 Å². The van der Waals surface area contributed by atoms with Gasteiger partial charge in [-0.1, -0.05) is 51.1 Å². The molecule has 2 aromatic rings. The fourth-order valence-corrected chi connectivity index (χ4v) is 2.61. The molecule has 2 aromatic carbocycles. The van der Waals surface area contributed by atoms with Crippen molar-refractivity contribution in [2.45, 2.75) is 26.2 Å². The Morgan fingerprint density at radius 3 is 2.05 bits per heavy atom. The molecule has 0 radical (unpaired) electrons. The van der Waals surface area contributed by atoms with Gasteiger partial charge >= 0.3 is 6.03 Å². The number of carbonyl (C=O) groups is 1. The van der Waals surface area contributed by atoms with Crippen molar-refractivity contribution in [3.63, 3.8) is 0 Å². The quantitative estimate of drug-likeness (QED) is 0.673. The molecule has 0 spiro atoms. The number of halogens is 1. The second kappa shape index (κ2) is 6.47. The Hall–Kier alpha value is -1.56. The lowest BCUT2D eigenvalue weighted by Gasteiger charge is -2.23. The van der Waals surface area contributed by atoms with Crippen LogP contribution in [0.5, 0.6) is 0 Å². The summed E-state index contributed by atoms with van der Waals surface area (Å²) in [5.41, 5.74) is 2.74. The first-order valence-corrected chi connectivity index (χ1v) is 7.88. The molecule has 0 saturated heterocycles. The van der Waals surface area contributed by atoms with Gasteiger partial charge in [0.15, 0.2) is 0 Å². The molecule has 21 heavy (non-hydrogen) atoms. The summed E-state index contributed by atoms with van der Waals surface area (Å²) in [4.78, 5) is 12.2. The summed E-state index contributed by atoms with van der Waals surface area (Å²) in [5, 5.41) is 5.82. The van der Waals surface area contributed by atoms with Crippen LogP contribution in [0, 0.1) is 3.57 Å². The SMILES string of the molecule is CC(C)(C)c1ccccc1NC(=O)Nc1ccccc1I. The van der Waals surface area contributed by atoms with Gasteiger partial charge in [-0.2, -0.15) is 0 Å². The molecule has 0 heterocycles. The first-order chi connectivity index (χ1) is 9.88. The van der Waals surface area contributed by atoms with Crippen molar-refractivity contribution in [2.24, 2.45) is 0 Å². The summed E-state index contributed by atoms with van der Waals surface area (Å²) in [6, 6.07) is 15.4. The van der Waals surface area contributed by atoms with E-state index in [2.05, 4.69) is 54.0 Å². The van der Waals surface area contributed by atoms with Gasteiger partial charge in [-0.15, -0.1) is 0 Å². The van der Waals surface area contributed by atoms with E-state index in [0.29, 0.717) is 0 Å². The van der Waals surface area contributed by atoms with Crippen LogP contribution in [0.3, 0.4) is 0 Å². The molecule has 4 heteroatoms. The largest absolute Gasteiger partial charge is 0.323 e. The van der Waals surface area contributed by atoms with E-state index in [1.807, 2.05) is 48.5 Å². The lowest BCUT2D eigenvalue weighted by molar-refractivity contribution is 0.262. The summed E-state index contributed by atoms with van der Waals surface area (Å²) in [5.74, 6) is 0. The van der Waals surface area contributed by atoms with Gasteiger partial charge in [-0.25, -0.2) is 4.79 Å². The van der Waals surface area contributed by atoms with E-state index in [4.69, 9.17) is 0 Å². The van der Waals surface area contributed by atoms with Gasteiger partial charge in [-0.3, -0.25) is 0 Å². The molecular formula is C17H19IN2O. The maximum atomic E-state index is 12.2. The highest BCUT2D eigenvalue weighted by molar-refractivity contribution is 14.1. The Morgan fingerprint density at radius 1 is 0.905 bits per heavy atom. The van der Waals surface area contributed by atoms with E-state index in [1.165, 1.54) is 0 Å². The molecule has 0 aliphatic carbocycles. The zero-order valence-corrected chi connectivity index (χ0v) is 14.6. The number of nitrogens with one attached hydrogen (secondary N) is 2. The van der Waals surface area contributed by atoms with Crippen LogP contribution in [-0.4, -0.2) is 6.03 Å². The first-order valence-electron chi connectivity index (χ1n) is 6.80. The average molecular weight is 394 g/mol. The predicted octanol–water partition coefficient (Wildman–Crippen LogP) is 5.23. The van der Waals surface area contributed by atoms with Crippen molar-refractivity contribution in [3.05, 3.63) is 57.7 Å². The molecule has 0 aliphatic rings. The van der Waals surface area contributed by atoms with Crippen LogP contribution < -0.4 is 10.6 Å². The first kappa shape index (κ1) is 15.8. The van der Waals surface area contributed by atoms with Crippen LogP contribution in [0.4, 0.5) is 16.2 Å². The smallest absolute Gasteiger partial charge is 0.307 e. The lowest BCUT2D eigenvalue weighted by Crippen LogP contribution is -2.23. The minimum absolute atomic E-state index is 0.0228. The van der Waals surface area contributed by atoms with Gasteiger partial charge in [0.2, 0.25) is 0 Å². The van der Waals surface area contributed by atoms with Gasteiger partial charge in [0.1, 0.15) is 0 Å². The molecule has 110 valence electrons. The molecule has 3 nitrogen and oxygen atoms in total. The number of para-hydroxylation sites is 2. The molecule has 2 amide bonds. The van der Waals surface area contributed by atoms with E-state index >= 15 is 0 Å². The monoisotopic (exact) mass is 394 g/mol. The van der Waals surface area contributed by atoms with E-state index in [-0.39, 0.29) is 11.4 Å². The van der Waals surface area contributed by atoms with Crippen LogP contribution in [0.25, 0.3) is 0 Å². The molecule has 2 rings (SSSR count). The van der Waals surface area contributed by atoms with Crippen LogP contribution in [0.2, 0.25) is 0 Å². The maximum Gasteiger partial charge on any atom is 0.323 e. The minimum atomic E-state index is -0.226. The third-order valence-corrected chi connectivity index (χ3v) is 4.05. The van der Waals surface area contributed by atoms with E-state index in [9.17, 15) is 4.79 Å². The zero-order chi connectivity index (χ0) is 15.5. The number of urea groups is 1. The molecule has 0 aliphatic heterocycles. The third-order valence-electron chi connectivity index (χ3n) is 3.11. The van der Waals surface area contributed by atoms with Crippen LogP contribution in [0.15, 0.2) is 48.5 Å². The van der Waals surface area contributed by atoms with Crippen molar-refractivity contribution >= 4 is 40.0 Å². The lowest BCUT2D eigenvalue weighted by atomic mass is 9.86. The van der Waals surface area contributed by atoms with Crippen molar-refractivity contribution < 1.29 is 4.79 Å². The molecule has 0 saturated carbocycles. The van der Waals surface area contributed by atoms with Crippen LogP contribution >= 0.6 is 22.6 Å². The third kappa shape index (κ3) is 4.20. The predicted molar refractivity (Wildman–Crippen MR) is 96.9 cm³/mol. The van der Waals surface area contributed by atoms with E-state index in [1.54, 1.807) is 0 Å². The molecular weight excluding hydrogens is 375 g/mol. The second-order valence-corrected chi connectivity index (χ2v) is 7.02. The zero-order valence-electron chi connectivity index (χ0n) is 12.4. The number of anilines is 2. The van der Waals surface area contributed by atoms with Gasteiger partial charge in [0.25, 0.3) is 0 Å². The number of hydrogen-bond acceptors (Lipinski definition) is 1. The summed E-state index contributed by atoms with van der Waals surface area (Å²) < 4.78 is 1.01. The van der Waals surface area contributed by atoms with E-state index < -0.39 is 0 Å². The number of carbonyl (C=O) groups excluding carboxylic acids is 1. The van der Waals surface area contributed by atoms with Crippen molar-refractivity contribution in [3.8, 4) is 0 Å². The normalized spacial score (nSPS) is 11.0. The second-order valence-electron chi connectivity index (χ2n) is 5.85. The minimum Gasteiger partial charge on any atom is -0.307 e. The van der Waals surface area contributed by atoms with Gasteiger partial charge in [-0.05, 0) is 51.8 Å². The average Bonchev–Trinajstić information content (AvgIpc) is 2.41. The molecule has 0 unspecified atom stereocenters. The Morgan fingerprint density at radius 2 is 1.43 bits per heavy atom. The highest BCUT2D eigenvalue weighted by Crippen LogP contribution is 2.29. The number of amides is 2. The molecule has 0 fully saturated rings. The summed E-state index contributed by atoms with van der Waals surface area (Å²) in [7, 11) is 0. The Balaban J connectivity index is 2.16. The number of benzene rings is 2. The topological polar surface area (TPSA) is 41.1 Å². The summed E-state index contributed by atoms with van der Waals surface area (Å²) in [6.45, 7) is 6.39. The van der Waals surface area contributed by atoms with Gasteiger partial charge < -0.3 is 10.6 Å². The van der Waals surface area contributed by atoms with E-state index in [0.717, 1.165) is 20.5 Å². The maximum absolute atomic E-state index is 12.2. The van der Waals surface area contributed by atoms with Crippen LogP contribution in [-0.2, 0) is 5.41 Å². The molecule has 2 N–H and O–H groups in total. The fraction of sp³-hybridized carbons (Fsp3) is 0.235. The fourth-order valence-electron chi connectivity index (χ4n) is 2.08. The molecule has 0 aromatic heterocycles.